The molecule has 96 valence electrons. The molecule has 1 aromatic carbocycles. The van der Waals surface area contributed by atoms with Crippen molar-refractivity contribution < 1.29 is 13.9 Å². The summed E-state index contributed by atoms with van der Waals surface area (Å²) in [5.74, 6) is 0.225. The number of benzene rings is 1. The topological polar surface area (TPSA) is 51.2 Å². The normalized spacial score (nSPS) is 13.6. The van der Waals surface area contributed by atoms with Gasteiger partial charge in [-0.25, -0.2) is 0 Å². The lowest BCUT2D eigenvalue weighted by Crippen LogP contribution is -2.18. The van der Waals surface area contributed by atoms with Crippen LogP contribution >= 0.6 is 0 Å². The third kappa shape index (κ3) is 2.54. The molecule has 0 spiro atoms. The first-order chi connectivity index (χ1) is 9.20. The van der Waals surface area contributed by atoms with Crippen LogP contribution in [0.25, 0.3) is 0 Å². The van der Waals surface area contributed by atoms with Crippen LogP contribution in [0.15, 0.2) is 36.4 Å². The maximum absolute atomic E-state index is 12.9. The Morgan fingerprint density at radius 2 is 2.11 bits per heavy atom. The number of fused-ring (bicyclic) bond motifs is 1. The monoisotopic (exact) mass is 258 g/mol. The second kappa shape index (κ2) is 4.68. The predicted octanol–water partition coefficient (Wildman–Crippen LogP) is 2.90. The van der Waals surface area contributed by atoms with Crippen molar-refractivity contribution in [1.29, 1.82) is 0 Å². The Balaban J connectivity index is 1.85. The summed E-state index contributed by atoms with van der Waals surface area (Å²) in [6.07, 6.45) is 1.14. The maximum Gasteiger partial charge on any atom is 0.224 e. The van der Waals surface area contributed by atoms with Crippen LogP contribution in [0, 0.1) is 5.95 Å². The van der Waals surface area contributed by atoms with Crippen molar-refractivity contribution in [2.45, 2.75) is 12.8 Å². The highest BCUT2D eigenvalue weighted by atomic mass is 19.1. The van der Waals surface area contributed by atoms with Crippen molar-refractivity contribution in [2.75, 3.05) is 5.32 Å². The molecule has 0 unspecified atom stereocenters. The van der Waals surface area contributed by atoms with Gasteiger partial charge in [0, 0.05) is 18.2 Å². The molecule has 2 heterocycles. The van der Waals surface area contributed by atoms with Crippen LogP contribution in [-0.4, -0.2) is 10.9 Å². The van der Waals surface area contributed by atoms with Crippen molar-refractivity contribution in [3.05, 3.63) is 47.9 Å². The van der Waals surface area contributed by atoms with Crippen LogP contribution in [-0.2, 0) is 11.2 Å². The Kier molecular flexibility index (Phi) is 2.87. The molecule has 2 aromatic rings. The minimum Gasteiger partial charge on any atom is -0.439 e. The lowest BCUT2D eigenvalue weighted by Gasteiger charge is -2.17. The molecule has 0 aliphatic carbocycles. The molecule has 0 saturated heterocycles. The Hall–Kier alpha value is -2.43. The van der Waals surface area contributed by atoms with Gasteiger partial charge in [0.05, 0.1) is 0 Å². The smallest absolute Gasteiger partial charge is 0.224 e. The van der Waals surface area contributed by atoms with Gasteiger partial charge >= 0.3 is 0 Å². The second-order valence-corrected chi connectivity index (χ2v) is 4.27. The summed E-state index contributed by atoms with van der Waals surface area (Å²) in [4.78, 5) is 14.9. The van der Waals surface area contributed by atoms with E-state index in [1.165, 1.54) is 12.1 Å². The van der Waals surface area contributed by atoms with Gasteiger partial charge in [-0.2, -0.15) is 9.37 Å². The first kappa shape index (κ1) is 11.6. The molecule has 1 amide bonds. The summed E-state index contributed by atoms with van der Waals surface area (Å²) in [5.41, 5.74) is 1.81. The molecule has 0 atom stereocenters. The van der Waals surface area contributed by atoms with Gasteiger partial charge in [0.25, 0.3) is 0 Å². The zero-order valence-corrected chi connectivity index (χ0v) is 10.0. The SMILES string of the molecule is O=C1CCc2cc(Oc3cccc(F)n3)ccc2N1. The van der Waals surface area contributed by atoms with Gasteiger partial charge in [-0.05, 0) is 36.2 Å². The third-order valence-corrected chi connectivity index (χ3v) is 2.88. The molecular weight excluding hydrogens is 247 g/mol. The Morgan fingerprint density at radius 1 is 1.21 bits per heavy atom. The highest BCUT2D eigenvalue weighted by Gasteiger charge is 2.15. The molecule has 5 heteroatoms. The molecule has 0 fully saturated rings. The van der Waals surface area contributed by atoms with E-state index in [0.29, 0.717) is 18.6 Å². The molecule has 3 rings (SSSR count). The van der Waals surface area contributed by atoms with Gasteiger partial charge in [0.1, 0.15) is 5.75 Å². The molecule has 0 radical (unpaired) electrons. The van der Waals surface area contributed by atoms with Gasteiger partial charge < -0.3 is 10.1 Å². The molecule has 0 bridgehead atoms. The van der Waals surface area contributed by atoms with E-state index in [4.69, 9.17) is 4.74 Å². The van der Waals surface area contributed by atoms with Crippen LogP contribution in [0.2, 0.25) is 0 Å². The fourth-order valence-electron chi connectivity index (χ4n) is 1.99. The summed E-state index contributed by atoms with van der Waals surface area (Å²) in [7, 11) is 0. The van der Waals surface area contributed by atoms with Gasteiger partial charge in [0.15, 0.2) is 0 Å². The molecule has 1 aliphatic heterocycles. The number of nitrogens with one attached hydrogen (secondary N) is 1. The van der Waals surface area contributed by atoms with E-state index in [-0.39, 0.29) is 11.8 Å². The van der Waals surface area contributed by atoms with Crippen molar-refractivity contribution in [1.82, 2.24) is 4.98 Å². The summed E-state index contributed by atoms with van der Waals surface area (Å²) < 4.78 is 18.4. The quantitative estimate of drug-likeness (QED) is 0.843. The molecular formula is C14H11FN2O2. The molecule has 1 aromatic heterocycles. The fraction of sp³-hybridized carbons (Fsp3) is 0.143. The second-order valence-electron chi connectivity index (χ2n) is 4.27. The van der Waals surface area contributed by atoms with Crippen molar-refractivity contribution in [3.63, 3.8) is 0 Å². The summed E-state index contributed by atoms with van der Waals surface area (Å²) >= 11 is 0. The lowest BCUT2D eigenvalue weighted by atomic mass is 10.0. The number of nitrogens with zero attached hydrogens (tertiary/aromatic N) is 1. The van der Waals surface area contributed by atoms with Crippen LogP contribution in [0.5, 0.6) is 11.6 Å². The molecule has 4 nitrogen and oxygen atoms in total. The zero-order chi connectivity index (χ0) is 13.2. The Morgan fingerprint density at radius 3 is 2.95 bits per heavy atom. The number of aromatic nitrogens is 1. The number of ether oxygens (including phenoxy) is 1. The lowest BCUT2D eigenvalue weighted by molar-refractivity contribution is -0.116. The van der Waals surface area contributed by atoms with Crippen molar-refractivity contribution in [2.24, 2.45) is 0 Å². The minimum atomic E-state index is -0.581. The Labute approximate surface area is 109 Å². The van der Waals surface area contributed by atoms with E-state index >= 15 is 0 Å². The molecule has 19 heavy (non-hydrogen) atoms. The largest absolute Gasteiger partial charge is 0.439 e. The number of amides is 1. The van der Waals surface area contributed by atoms with Crippen LogP contribution < -0.4 is 10.1 Å². The van der Waals surface area contributed by atoms with E-state index in [1.54, 1.807) is 18.2 Å². The Bertz CT molecular complexity index is 643. The number of carbonyl (C=O) groups is 1. The molecule has 1 N–H and O–H groups in total. The molecule has 1 aliphatic rings. The number of hydrogen-bond donors (Lipinski definition) is 1. The summed E-state index contributed by atoms with van der Waals surface area (Å²) in [6, 6.07) is 9.72. The number of aryl methyl sites for hydroxylation is 1. The zero-order valence-electron chi connectivity index (χ0n) is 10.0. The summed E-state index contributed by atoms with van der Waals surface area (Å²) in [6.45, 7) is 0. The van der Waals surface area contributed by atoms with E-state index in [2.05, 4.69) is 10.3 Å². The van der Waals surface area contributed by atoms with E-state index in [9.17, 15) is 9.18 Å². The van der Waals surface area contributed by atoms with Gasteiger partial charge in [0.2, 0.25) is 17.7 Å². The third-order valence-electron chi connectivity index (χ3n) is 2.88. The van der Waals surface area contributed by atoms with Crippen LogP contribution in [0.4, 0.5) is 10.1 Å². The van der Waals surface area contributed by atoms with Crippen molar-refractivity contribution >= 4 is 11.6 Å². The highest BCUT2D eigenvalue weighted by molar-refractivity contribution is 5.94. The van der Waals surface area contributed by atoms with E-state index in [1.807, 2.05) is 6.07 Å². The number of halogens is 1. The first-order valence-electron chi connectivity index (χ1n) is 5.94. The van der Waals surface area contributed by atoms with Gasteiger partial charge in [-0.3, -0.25) is 4.79 Å². The number of hydrogen-bond acceptors (Lipinski definition) is 3. The number of carbonyl (C=O) groups excluding carboxylic acids is 1. The summed E-state index contributed by atoms with van der Waals surface area (Å²) in [5, 5.41) is 2.79. The predicted molar refractivity (Wildman–Crippen MR) is 67.7 cm³/mol. The van der Waals surface area contributed by atoms with Crippen LogP contribution in [0.3, 0.4) is 0 Å². The average molecular weight is 258 g/mol. The van der Waals surface area contributed by atoms with Gasteiger partial charge in [-0.1, -0.05) is 6.07 Å². The standard InChI is InChI=1S/C14H11FN2O2/c15-12-2-1-3-14(17-12)19-10-5-6-11-9(8-10)4-7-13(18)16-11/h1-3,5-6,8H,4,7H2,(H,16,18). The van der Waals surface area contributed by atoms with Gasteiger partial charge in [-0.15, -0.1) is 0 Å². The van der Waals surface area contributed by atoms with E-state index < -0.39 is 5.95 Å². The fourth-order valence-corrected chi connectivity index (χ4v) is 1.99. The van der Waals surface area contributed by atoms with E-state index in [0.717, 1.165) is 11.3 Å². The highest BCUT2D eigenvalue weighted by Crippen LogP contribution is 2.28. The van der Waals surface area contributed by atoms with Crippen molar-refractivity contribution in [3.8, 4) is 11.6 Å². The number of pyridine rings is 1. The first-order valence-corrected chi connectivity index (χ1v) is 5.94. The maximum atomic E-state index is 12.9. The minimum absolute atomic E-state index is 0.0213. The average Bonchev–Trinajstić information content (AvgIpc) is 2.39. The molecule has 0 saturated carbocycles. The number of anilines is 1. The van der Waals surface area contributed by atoms with Crippen LogP contribution in [0.1, 0.15) is 12.0 Å². The number of rotatable bonds is 2.